The summed E-state index contributed by atoms with van der Waals surface area (Å²) >= 11 is 0. The molecular weight excluding hydrogens is 201 g/mol. The fourth-order valence-electron chi connectivity index (χ4n) is 1.84. The number of hydrogen-bond acceptors (Lipinski definition) is 1. The molecule has 16 heavy (non-hydrogen) atoms. The Kier molecular flexibility index (Phi) is 5.20. The lowest BCUT2D eigenvalue weighted by Crippen LogP contribution is -2.22. The van der Waals surface area contributed by atoms with Gasteiger partial charge in [0.2, 0.25) is 0 Å². The lowest BCUT2D eigenvalue weighted by atomic mass is 9.98. The van der Waals surface area contributed by atoms with Crippen LogP contribution in [0.1, 0.15) is 36.9 Å². The highest BCUT2D eigenvalue weighted by molar-refractivity contribution is 5.29. The van der Waals surface area contributed by atoms with E-state index in [1.807, 2.05) is 19.1 Å². The zero-order valence-corrected chi connectivity index (χ0v) is 10.1. The molecule has 0 saturated carbocycles. The second-order valence-electron chi connectivity index (χ2n) is 4.03. The number of halogens is 1. The molecule has 0 heterocycles. The maximum absolute atomic E-state index is 13.0. The molecule has 1 rings (SSSR count). The largest absolute Gasteiger partial charge is 0.310 e. The first-order chi connectivity index (χ1) is 7.69. The van der Waals surface area contributed by atoms with Crippen molar-refractivity contribution >= 4 is 0 Å². The van der Waals surface area contributed by atoms with Crippen LogP contribution in [-0.2, 0) is 0 Å². The molecule has 0 spiro atoms. The minimum atomic E-state index is -0.172. The SMILES string of the molecule is C=CCC(NCCC)c1ccc(F)cc1C. The van der Waals surface area contributed by atoms with E-state index in [1.54, 1.807) is 6.07 Å². The van der Waals surface area contributed by atoms with Crippen molar-refractivity contribution in [2.24, 2.45) is 0 Å². The molecule has 1 aromatic carbocycles. The summed E-state index contributed by atoms with van der Waals surface area (Å²) in [6.45, 7) is 8.82. The van der Waals surface area contributed by atoms with Crippen molar-refractivity contribution in [2.75, 3.05) is 6.54 Å². The van der Waals surface area contributed by atoms with Gasteiger partial charge in [-0.2, -0.15) is 0 Å². The molecule has 1 atom stereocenters. The van der Waals surface area contributed by atoms with Crippen molar-refractivity contribution in [3.63, 3.8) is 0 Å². The van der Waals surface area contributed by atoms with E-state index in [9.17, 15) is 4.39 Å². The molecular formula is C14H20FN. The van der Waals surface area contributed by atoms with Crippen LogP contribution in [0.3, 0.4) is 0 Å². The Hall–Kier alpha value is -1.15. The highest BCUT2D eigenvalue weighted by Crippen LogP contribution is 2.21. The molecule has 0 aromatic heterocycles. The molecule has 1 unspecified atom stereocenters. The normalized spacial score (nSPS) is 12.4. The molecule has 0 saturated heterocycles. The summed E-state index contributed by atoms with van der Waals surface area (Å²) in [5.41, 5.74) is 2.16. The highest BCUT2D eigenvalue weighted by Gasteiger charge is 2.11. The monoisotopic (exact) mass is 221 g/mol. The first-order valence-corrected chi connectivity index (χ1v) is 5.79. The molecule has 0 radical (unpaired) electrons. The lowest BCUT2D eigenvalue weighted by molar-refractivity contribution is 0.533. The summed E-state index contributed by atoms with van der Waals surface area (Å²) in [5.74, 6) is -0.172. The van der Waals surface area contributed by atoms with Crippen molar-refractivity contribution in [3.05, 3.63) is 47.8 Å². The molecule has 0 bridgehead atoms. The molecule has 88 valence electrons. The molecule has 1 N–H and O–H groups in total. The van der Waals surface area contributed by atoms with Crippen LogP contribution in [0.15, 0.2) is 30.9 Å². The van der Waals surface area contributed by atoms with E-state index in [1.165, 1.54) is 6.07 Å². The maximum atomic E-state index is 13.0. The van der Waals surface area contributed by atoms with Gasteiger partial charge in [-0.05, 0) is 49.6 Å². The van der Waals surface area contributed by atoms with Gasteiger partial charge < -0.3 is 5.32 Å². The Balaban J connectivity index is 2.86. The Morgan fingerprint density at radius 3 is 2.81 bits per heavy atom. The average molecular weight is 221 g/mol. The molecule has 1 aromatic rings. The summed E-state index contributed by atoms with van der Waals surface area (Å²) in [5, 5.41) is 3.45. The molecule has 1 nitrogen and oxygen atoms in total. The quantitative estimate of drug-likeness (QED) is 0.721. The fourth-order valence-corrected chi connectivity index (χ4v) is 1.84. The van der Waals surface area contributed by atoms with Gasteiger partial charge in [0.05, 0.1) is 0 Å². The van der Waals surface area contributed by atoms with Crippen molar-refractivity contribution in [3.8, 4) is 0 Å². The molecule has 0 aliphatic carbocycles. The summed E-state index contributed by atoms with van der Waals surface area (Å²) in [6.07, 6.45) is 3.86. The predicted molar refractivity (Wildman–Crippen MR) is 67.0 cm³/mol. The van der Waals surface area contributed by atoms with Gasteiger partial charge in [0.25, 0.3) is 0 Å². The number of nitrogens with one attached hydrogen (secondary N) is 1. The first-order valence-electron chi connectivity index (χ1n) is 5.79. The molecule has 0 fully saturated rings. The standard InChI is InChI=1S/C14H20FN/c1-4-6-14(16-9-5-2)13-8-7-12(15)10-11(13)3/h4,7-8,10,14,16H,1,5-6,9H2,2-3H3. The molecule has 0 aliphatic heterocycles. The van der Waals surface area contributed by atoms with Crippen LogP contribution in [-0.4, -0.2) is 6.54 Å². The zero-order valence-electron chi connectivity index (χ0n) is 10.1. The third kappa shape index (κ3) is 3.46. The van der Waals surface area contributed by atoms with Crippen LogP contribution in [0.2, 0.25) is 0 Å². The second-order valence-corrected chi connectivity index (χ2v) is 4.03. The average Bonchev–Trinajstić information content (AvgIpc) is 2.25. The van der Waals surface area contributed by atoms with Crippen LogP contribution >= 0.6 is 0 Å². The second kappa shape index (κ2) is 6.44. The predicted octanol–water partition coefficient (Wildman–Crippen LogP) is 3.75. The summed E-state index contributed by atoms with van der Waals surface area (Å²) < 4.78 is 13.0. The van der Waals surface area contributed by atoms with E-state index in [-0.39, 0.29) is 11.9 Å². The van der Waals surface area contributed by atoms with Gasteiger partial charge in [0, 0.05) is 6.04 Å². The van der Waals surface area contributed by atoms with Crippen LogP contribution in [0.25, 0.3) is 0 Å². The van der Waals surface area contributed by atoms with Crippen LogP contribution in [0.5, 0.6) is 0 Å². The molecule has 0 aliphatic rings. The van der Waals surface area contributed by atoms with E-state index in [2.05, 4.69) is 18.8 Å². The highest BCUT2D eigenvalue weighted by atomic mass is 19.1. The summed E-state index contributed by atoms with van der Waals surface area (Å²) in [4.78, 5) is 0. The van der Waals surface area contributed by atoms with Gasteiger partial charge >= 0.3 is 0 Å². The van der Waals surface area contributed by atoms with Crippen molar-refractivity contribution in [1.82, 2.24) is 5.32 Å². The first kappa shape index (κ1) is 12.9. The minimum absolute atomic E-state index is 0.172. The minimum Gasteiger partial charge on any atom is -0.310 e. The summed E-state index contributed by atoms with van der Waals surface area (Å²) in [6, 6.07) is 5.21. The van der Waals surface area contributed by atoms with Gasteiger partial charge in [-0.1, -0.05) is 19.1 Å². The third-order valence-electron chi connectivity index (χ3n) is 2.65. The number of aryl methyl sites for hydroxylation is 1. The Labute approximate surface area is 97.4 Å². The van der Waals surface area contributed by atoms with Crippen molar-refractivity contribution in [2.45, 2.75) is 32.7 Å². The maximum Gasteiger partial charge on any atom is 0.123 e. The number of benzene rings is 1. The van der Waals surface area contributed by atoms with Gasteiger partial charge in [-0.3, -0.25) is 0 Å². The number of hydrogen-bond donors (Lipinski definition) is 1. The van der Waals surface area contributed by atoms with E-state index in [4.69, 9.17) is 0 Å². The van der Waals surface area contributed by atoms with E-state index in [0.717, 1.165) is 30.5 Å². The fraction of sp³-hybridized carbons (Fsp3) is 0.429. The van der Waals surface area contributed by atoms with Gasteiger partial charge in [0.15, 0.2) is 0 Å². The van der Waals surface area contributed by atoms with E-state index < -0.39 is 0 Å². The summed E-state index contributed by atoms with van der Waals surface area (Å²) in [7, 11) is 0. The van der Waals surface area contributed by atoms with Gasteiger partial charge in [-0.25, -0.2) is 4.39 Å². The van der Waals surface area contributed by atoms with E-state index >= 15 is 0 Å². The smallest absolute Gasteiger partial charge is 0.123 e. The molecule has 0 amide bonds. The zero-order chi connectivity index (χ0) is 12.0. The Morgan fingerprint density at radius 1 is 1.50 bits per heavy atom. The van der Waals surface area contributed by atoms with Gasteiger partial charge in [0.1, 0.15) is 5.82 Å². The van der Waals surface area contributed by atoms with Crippen molar-refractivity contribution < 1.29 is 4.39 Å². The van der Waals surface area contributed by atoms with E-state index in [0.29, 0.717) is 0 Å². The topological polar surface area (TPSA) is 12.0 Å². The van der Waals surface area contributed by atoms with Crippen molar-refractivity contribution in [1.29, 1.82) is 0 Å². The Morgan fingerprint density at radius 2 is 2.25 bits per heavy atom. The van der Waals surface area contributed by atoms with Crippen LogP contribution < -0.4 is 5.32 Å². The van der Waals surface area contributed by atoms with Gasteiger partial charge in [-0.15, -0.1) is 6.58 Å². The molecule has 2 heteroatoms. The Bertz CT molecular complexity index is 347. The third-order valence-corrected chi connectivity index (χ3v) is 2.65. The van der Waals surface area contributed by atoms with Crippen LogP contribution in [0.4, 0.5) is 4.39 Å². The number of rotatable bonds is 6. The van der Waals surface area contributed by atoms with Crippen LogP contribution in [0, 0.1) is 12.7 Å². The lowest BCUT2D eigenvalue weighted by Gasteiger charge is -2.19.